The predicted octanol–water partition coefficient (Wildman–Crippen LogP) is 6.46. The number of hydrogen-bond acceptors (Lipinski definition) is 5. The molecule has 0 spiro atoms. The molecule has 0 radical (unpaired) electrons. The van der Waals surface area contributed by atoms with Gasteiger partial charge in [0.2, 0.25) is 5.91 Å². The van der Waals surface area contributed by atoms with Crippen molar-refractivity contribution >= 4 is 57.7 Å². The Morgan fingerprint density at radius 3 is 2.36 bits per heavy atom. The van der Waals surface area contributed by atoms with Gasteiger partial charge in [-0.2, -0.15) is 0 Å². The summed E-state index contributed by atoms with van der Waals surface area (Å²) in [5.74, 6) is 0.209. The normalized spacial score (nSPS) is 10.4. The topological polar surface area (TPSA) is 108 Å². The summed E-state index contributed by atoms with van der Waals surface area (Å²) < 4.78 is 5.91. The number of carbonyl (C=O) groups is 1. The number of phenols is 1. The highest BCUT2D eigenvalue weighted by atomic mass is 35.5. The summed E-state index contributed by atoms with van der Waals surface area (Å²) in [5, 5.41) is 23.1. The van der Waals surface area contributed by atoms with Gasteiger partial charge in [-0.15, -0.1) is 0 Å². The number of nitrogens with one attached hydrogen (secondary N) is 2. The number of hydrogen-bond donors (Lipinski definition) is 4. The van der Waals surface area contributed by atoms with E-state index in [4.69, 9.17) is 55.8 Å². The maximum atomic E-state index is 10.5. The van der Waals surface area contributed by atoms with Crippen molar-refractivity contribution in [1.82, 2.24) is 5.32 Å². The monoisotopic (exact) mass is 543 g/mol. The molecule has 0 aliphatic heterocycles. The molecule has 0 aliphatic rings. The standard InChI is InChI=1S/C20H18Cl2N2O.C7H6ClNO2/c21-18-7-5-14(11-19(18)22)13-24-9-10-25-20-8-6-15(12-23)16-3-1-2-4-17(16)20;8-5-3-4(7(9)11)1-2-6(5)10/h1-8,11-12,23-24H,9-10,13H2;1-3,10H,(H2,9,11). The summed E-state index contributed by atoms with van der Waals surface area (Å²) in [6, 6.07) is 21.5. The predicted molar refractivity (Wildman–Crippen MR) is 147 cm³/mol. The molecular formula is C27H24Cl3N3O3. The fourth-order valence-electron chi connectivity index (χ4n) is 3.32. The van der Waals surface area contributed by atoms with Crippen LogP contribution in [0, 0.1) is 5.41 Å². The highest BCUT2D eigenvalue weighted by Crippen LogP contribution is 2.28. The molecule has 186 valence electrons. The van der Waals surface area contributed by atoms with Crippen molar-refractivity contribution < 1.29 is 14.6 Å². The molecule has 36 heavy (non-hydrogen) atoms. The van der Waals surface area contributed by atoms with E-state index in [0.29, 0.717) is 29.7 Å². The second-order valence-corrected chi connectivity index (χ2v) is 8.87. The quantitative estimate of drug-likeness (QED) is 0.151. The first-order valence-electron chi connectivity index (χ1n) is 10.9. The average molecular weight is 545 g/mol. The zero-order chi connectivity index (χ0) is 26.1. The van der Waals surface area contributed by atoms with Gasteiger partial charge in [0.25, 0.3) is 0 Å². The number of carbonyl (C=O) groups excluding carboxylic acids is 1. The molecule has 0 atom stereocenters. The molecule has 1 amide bonds. The van der Waals surface area contributed by atoms with Crippen LogP contribution in [-0.4, -0.2) is 30.4 Å². The lowest BCUT2D eigenvalue weighted by atomic mass is 10.0. The first kappa shape index (κ1) is 27.3. The van der Waals surface area contributed by atoms with E-state index in [1.807, 2.05) is 48.5 Å². The van der Waals surface area contributed by atoms with E-state index in [1.54, 1.807) is 6.07 Å². The van der Waals surface area contributed by atoms with Crippen molar-refractivity contribution in [3.05, 3.63) is 105 Å². The number of nitrogens with two attached hydrogens (primary N) is 1. The molecule has 9 heteroatoms. The molecular weight excluding hydrogens is 521 g/mol. The van der Waals surface area contributed by atoms with Crippen LogP contribution in [0.2, 0.25) is 15.1 Å². The minimum absolute atomic E-state index is 0.0586. The Morgan fingerprint density at radius 1 is 0.944 bits per heavy atom. The Balaban J connectivity index is 0.000000275. The van der Waals surface area contributed by atoms with Crippen LogP contribution in [0.25, 0.3) is 10.8 Å². The van der Waals surface area contributed by atoms with E-state index in [1.165, 1.54) is 24.4 Å². The largest absolute Gasteiger partial charge is 0.506 e. The molecule has 0 unspecified atom stereocenters. The summed E-state index contributed by atoms with van der Waals surface area (Å²) in [4.78, 5) is 10.5. The Morgan fingerprint density at radius 2 is 1.69 bits per heavy atom. The average Bonchev–Trinajstić information content (AvgIpc) is 2.87. The SMILES string of the molecule is N=Cc1ccc(OCCNCc2ccc(Cl)c(Cl)c2)c2ccccc12.NC(=O)c1ccc(O)c(Cl)c1. The number of primary amides is 1. The van der Waals surface area contributed by atoms with Crippen LogP contribution in [0.1, 0.15) is 21.5 Å². The van der Waals surface area contributed by atoms with Crippen molar-refractivity contribution in [3.8, 4) is 11.5 Å². The lowest BCUT2D eigenvalue weighted by Gasteiger charge is -2.11. The third-order valence-electron chi connectivity index (χ3n) is 5.16. The Hall–Kier alpha value is -3.29. The zero-order valence-electron chi connectivity index (χ0n) is 19.1. The maximum Gasteiger partial charge on any atom is 0.248 e. The number of phenolic OH excluding ortho intramolecular Hbond substituents is 1. The van der Waals surface area contributed by atoms with Crippen molar-refractivity contribution in [2.45, 2.75) is 6.54 Å². The highest BCUT2D eigenvalue weighted by Gasteiger charge is 2.06. The Bertz CT molecular complexity index is 1380. The number of amides is 1. The zero-order valence-corrected chi connectivity index (χ0v) is 21.4. The van der Waals surface area contributed by atoms with Gasteiger partial charge < -0.3 is 26.3 Å². The first-order chi connectivity index (χ1) is 17.3. The fourth-order valence-corrected chi connectivity index (χ4v) is 3.82. The van der Waals surface area contributed by atoms with Crippen molar-refractivity contribution in [3.63, 3.8) is 0 Å². The van der Waals surface area contributed by atoms with Crippen LogP contribution < -0.4 is 15.8 Å². The van der Waals surface area contributed by atoms with E-state index in [-0.39, 0.29) is 16.3 Å². The molecule has 0 bridgehead atoms. The van der Waals surface area contributed by atoms with Crippen molar-refractivity contribution in [2.75, 3.05) is 13.2 Å². The molecule has 6 nitrogen and oxygen atoms in total. The summed E-state index contributed by atoms with van der Waals surface area (Å²) >= 11 is 17.4. The molecule has 4 aromatic carbocycles. The minimum atomic E-state index is -0.563. The van der Waals surface area contributed by atoms with E-state index in [9.17, 15) is 4.79 Å². The summed E-state index contributed by atoms with van der Waals surface area (Å²) in [5.41, 5.74) is 7.21. The van der Waals surface area contributed by atoms with Gasteiger partial charge in [-0.3, -0.25) is 4.79 Å². The molecule has 0 aromatic heterocycles. The van der Waals surface area contributed by atoms with E-state index < -0.39 is 5.91 Å². The smallest absolute Gasteiger partial charge is 0.248 e. The number of halogens is 3. The van der Waals surface area contributed by atoms with Crippen LogP contribution in [0.3, 0.4) is 0 Å². The Kier molecular flexibility index (Phi) is 9.96. The van der Waals surface area contributed by atoms with Gasteiger partial charge in [0, 0.05) is 35.8 Å². The number of fused-ring (bicyclic) bond motifs is 1. The van der Waals surface area contributed by atoms with Crippen LogP contribution in [-0.2, 0) is 6.54 Å². The summed E-state index contributed by atoms with van der Waals surface area (Å²) in [7, 11) is 0. The summed E-state index contributed by atoms with van der Waals surface area (Å²) in [6.07, 6.45) is 1.37. The van der Waals surface area contributed by atoms with Crippen LogP contribution >= 0.6 is 34.8 Å². The molecule has 4 rings (SSSR count). The molecule has 0 aliphatic carbocycles. The molecule has 0 saturated heterocycles. The first-order valence-corrected chi connectivity index (χ1v) is 12.0. The third-order valence-corrected chi connectivity index (χ3v) is 6.20. The summed E-state index contributed by atoms with van der Waals surface area (Å²) in [6.45, 7) is 1.96. The molecule has 5 N–H and O–H groups in total. The van der Waals surface area contributed by atoms with Gasteiger partial charge in [0.1, 0.15) is 18.1 Å². The van der Waals surface area contributed by atoms with Crippen LogP contribution in [0.4, 0.5) is 0 Å². The third kappa shape index (κ3) is 7.35. The van der Waals surface area contributed by atoms with Gasteiger partial charge in [-0.1, -0.05) is 65.1 Å². The van der Waals surface area contributed by atoms with Gasteiger partial charge in [-0.05, 0) is 53.4 Å². The van der Waals surface area contributed by atoms with Gasteiger partial charge in [0.15, 0.2) is 0 Å². The van der Waals surface area contributed by atoms with Crippen LogP contribution in [0.15, 0.2) is 72.8 Å². The number of rotatable bonds is 8. The van der Waals surface area contributed by atoms with Crippen molar-refractivity contribution in [1.29, 1.82) is 5.41 Å². The van der Waals surface area contributed by atoms with Gasteiger partial charge >= 0.3 is 0 Å². The van der Waals surface area contributed by atoms with Gasteiger partial charge in [0.05, 0.1) is 15.1 Å². The van der Waals surface area contributed by atoms with E-state index >= 15 is 0 Å². The van der Waals surface area contributed by atoms with Gasteiger partial charge in [-0.25, -0.2) is 0 Å². The van der Waals surface area contributed by atoms with E-state index in [0.717, 1.165) is 27.6 Å². The molecule has 0 fully saturated rings. The second kappa shape index (κ2) is 13.1. The molecule has 4 aromatic rings. The minimum Gasteiger partial charge on any atom is -0.506 e. The fraction of sp³-hybridized carbons (Fsp3) is 0.111. The number of benzene rings is 4. The lowest BCUT2D eigenvalue weighted by Crippen LogP contribution is -2.20. The van der Waals surface area contributed by atoms with Crippen LogP contribution in [0.5, 0.6) is 11.5 Å². The second-order valence-electron chi connectivity index (χ2n) is 7.65. The highest BCUT2D eigenvalue weighted by molar-refractivity contribution is 6.42. The number of ether oxygens (including phenoxy) is 1. The Labute approximate surface area is 224 Å². The van der Waals surface area contributed by atoms with Crippen molar-refractivity contribution in [2.24, 2.45) is 5.73 Å². The molecule has 0 heterocycles. The lowest BCUT2D eigenvalue weighted by molar-refractivity contribution is 0.100. The maximum absolute atomic E-state index is 10.5. The van der Waals surface area contributed by atoms with E-state index in [2.05, 4.69) is 5.32 Å². The number of aromatic hydroxyl groups is 1. The molecule has 0 saturated carbocycles.